The Balaban J connectivity index is 1.17. The Kier molecular flexibility index (Phi) is 4.19. The van der Waals surface area contributed by atoms with Gasteiger partial charge in [0.1, 0.15) is 17.8 Å². The van der Waals surface area contributed by atoms with Crippen LogP contribution in [0.15, 0.2) is 18.6 Å². The number of aromatic amines is 1. The zero-order chi connectivity index (χ0) is 20.4. The Bertz CT molecular complexity index is 1030. The summed E-state index contributed by atoms with van der Waals surface area (Å²) in [4.78, 5) is 13.8. The van der Waals surface area contributed by atoms with Crippen molar-refractivity contribution >= 4 is 26.9 Å². The van der Waals surface area contributed by atoms with E-state index in [1.54, 1.807) is 0 Å². The third-order valence-electron chi connectivity index (χ3n) is 7.16. The topological polar surface area (TPSA) is 82.2 Å². The fourth-order valence-corrected chi connectivity index (χ4v) is 6.80. The lowest BCUT2D eigenvalue weighted by Gasteiger charge is -2.42. The van der Waals surface area contributed by atoms with E-state index in [0.717, 1.165) is 29.7 Å². The highest BCUT2D eigenvalue weighted by Gasteiger charge is 2.70. The van der Waals surface area contributed by atoms with Gasteiger partial charge in [0.05, 0.1) is 11.1 Å². The SMILES string of the molecule is CN(c1ncnc2[nH]ccc12)C1CC(CS(=O)(=O)N2CCC3(CC2)CC3(F)F)C1. The van der Waals surface area contributed by atoms with E-state index in [2.05, 4.69) is 19.9 Å². The Morgan fingerprint density at radius 2 is 1.97 bits per heavy atom. The molecular weight excluding hydrogens is 400 g/mol. The zero-order valence-electron chi connectivity index (χ0n) is 16.3. The average Bonchev–Trinajstić information content (AvgIpc) is 2.98. The Morgan fingerprint density at radius 1 is 1.28 bits per heavy atom. The van der Waals surface area contributed by atoms with Crippen LogP contribution >= 0.6 is 0 Å². The predicted molar refractivity (Wildman–Crippen MR) is 105 cm³/mol. The van der Waals surface area contributed by atoms with Gasteiger partial charge in [0, 0.05) is 44.2 Å². The number of H-pyrrole nitrogens is 1. The summed E-state index contributed by atoms with van der Waals surface area (Å²) in [5, 5.41) is 0.949. The lowest BCUT2D eigenvalue weighted by atomic mass is 9.81. The van der Waals surface area contributed by atoms with Crippen molar-refractivity contribution in [2.45, 2.75) is 44.1 Å². The molecule has 2 aromatic heterocycles. The molecule has 0 unspecified atom stereocenters. The molecule has 158 valence electrons. The van der Waals surface area contributed by atoms with Crippen LogP contribution in [-0.4, -0.2) is 65.5 Å². The van der Waals surface area contributed by atoms with Crippen molar-refractivity contribution in [1.29, 1.82) is 0 Å². The highest BCUT2D eigenvalue weighted by atomic mass is 32.2. The number of rotatable bonds is 5. The number of sulfonamides is 1. The van der Waals surface area contributed by atoms with Crippen LogP contribution in [0.5, 0.6) is 0 Å². The molecule has 29 heavy (non-hydrogen) atoms. The average molecular weight is 426 g/mol. The van der Waals surface area contributed by atoms with Crippen molar-refractivity contribution in [3.05, 3.63) is 18.6 Å². The van der Waals surface area contributed by atoms with E-state index in [0.29, 0.717) is 0 Å². The number of nitrogens with zero attached hydrogens (tertiary/aromatic N) is 4. The fourth-order valence-electron chi connectivity index (χ4n) is 4.98. The maximum Gasteiger partial charge on any atom is 0.254 e. The lowest BCUT2D eigenvalue weighted by molar-refractivity contribution is 0.0425. The monoisotopic (exact) mass is 425 g/mol. The van der Waals surface area contributed by atoms with Crippen molar-refractivity contribution in [2.24, 2.45) is 11.3 Å². The van der Waals surface area contributed by atoms with Crippen molar-refractivity contribution in [2.75, 3.05) is 30.8 Å². The third-order valence-corrected chi connectivity index (χ3v) is 9.20. The van der Waals surface area contributed by atoms with E-state index in [1.807, 2.05) is 19.3 Å². The second kappa shape index (κ2) is 6.34. The molecular formula is C19H25F2N5O2S. The first-order valence-corrected chi connectivity index (χ1v) is 11.7. The molecule has 1 aliphatic heterocycles. The van der Waals surface area contributed by atoms with Gasteiger partial charge in [-0.2, -0.15) is 0 Å². The van der Waals surface area contributed by atoms with Crippen molar-refractivity contribution in [3.8, 4) is 0 Å². The number of hydrogen-bond donors (Lipinski definition) is 1. The number of nitrogens with one attached hydrogen (secondary N) is 1. The first-order chi connectivity index (χ1) is 13.7. The summed E-state index contributed by atoms with van der Waals surface area (Å²) in [7, 11) is -1.43. The van der Waals surface area contributed by atoms with Crippen LogP contribution in [0.2, 0.25) is 0 Å². The molecule has 10 heteroatoms. The molecule has 1 spiro atoms. The van der Waals surface area contributed by atoms with Gasteiger partial charge in [0.15, 0.2) is 0 Å². The van der Waals surface area contributed by atoms with Crippen LogP contribution in [0.1, 0.15) is 32.1 Å². The lowest BCUT2D eigenvalue weighted by Crippen LogP contribution is -2.48. The van der Waals surface area contributed by atoms with Gasteiger partial charge < -0.3 is 9.88 Å². The highest BCUT2D eigenvalue weighted by Crippen LogP contribution is 2.66. The van der Waals surface area contributed by atoms with Crippen LogP contribution in [0.4, 0.5) is 14.6 Å². The number of fused-ring (bicyclic) bond motifs is 1. The van der Waals surface area contributed by atoms with Gasteiger partial charge in [-0.25, -0.2) is 31.5 Å². The second-order valence-corrected chi connectivity index (χ2v) is 10.9. The Labute approximate surface area is 168 Å². The van der Waals surface area contributed by atoms with Crippen molar-refractivity contribution in [3.63, 3.8) is 0 Å². The van der Waals surface area contributed by atoms with Crippen LogP contribution in [0.3, 0.4) is 0 Å². The molecule has 0 atom stereocenters. The van der Waals surface area contributed by atoms with Crippen molar-refractivity contribution < 1.29 is 17.2 Å². The third kappa shape index (κ3) is 3.11. The molecule has 2 aromatic rings. The predicted octanol–water partition coefficient (Wildman–Crippen LogP) is 2.62. The summed E-state index contributed by atoms with van der Waals surface area (Å²) in [5.74, 6) is -1.56. The number of hydrogen-bond acceptors (Lipinski definition) is 5. The molecule has 5 rings (SSSR count). The number of alkyl halides is 2. The first-order valence-electron chi connectivity index (χ1n) is 10.1. The minimum Gasteiger partial charge on any atom is -0.356 e. The molecule has 3 aliphatic rings. The van der Waals surface area contributed by atoms with Crippen LogP contribution in [0, 0.1) is 11.3 Å². The minimum atomic E-state index is -3.40. The standard InChI is InChI=1S/C19H25F2N5O2S/c1-25(17-15-2-5-22-16(15)23-12-24-17)14-8-13(9-14)10-29(27,28)26-6-3-18(4-7-26)11-19(18,20)21/h2,5,12-14H,3-4,6-11H2,1H3,(H,22,23,24). The normalized spacial score (nSPS) is 28.4. The van der Waals surface area contributed by atoms with Crippen LogP contribution in [-0.2, 0) is 10.0 Å². The maximum atomic E-state index is 13.5. The molecule has 0 radical (unpaired) electrons. The Hall–Kier alpha value is -1.81. The Morgan fingerprint density at radius 3 is 2.62 bits per heavy atom. The fraction of sp³-hybridized carbons (Fsp3) is 0.684. The maximum absolute atomic E-state index is 13.5. The summed E-state index contributed by atoms with van der Waals surface area (Å²) in [6, 6.07) is 2.17. The number of piperidine rings is 1. The van der Waals surface area contributed by atoms with E-state index in [4.69, 9.17) is 0 Å². The molecule has 0 bridgehead atoms. The molecule has 3 fully saturated rings. The number of halogens is 2. The first kappa shape index (κ1) is 19.2. The van der Waals surface area contributed by atoms with Gasteiger partial charge in [-0.3, -0.25) is 0 Å². The van der Waals surface area contributed by atoms with Gasteiger partial charge in [-0.15, -0.1) is 0 Å². The summed E-state index contributed by atoms with van der Waals surface area (Å²) in [6.45, 7) is 0.445. The molecule has 2 aliphatic carbocycles. The van der Waals surface area contributed by atoms with E-state index < -0.39 is 21.4 Å². The molecule has 1 N–H and O–H groups in total. The molecule has 0 aromatic carbocycles. The molecule has 7 nitrogen and oxygen atoms in total. The smallest absolute Gasteiger partial charge is 0.254 e. The summed E-state index contributed by atoms with van der Waals surface area (Å²) in [6.07, 6.45) is 5.38. The van der Waals surface area contributed by atoms with Crippen LogP contribution in [0.25, 0.3) is 11.0 Å². The van der Waals surface area contributed by atoms with E-state index in [1.165, 1.54) is 10.6 Å². The van der Waals surface area contributed by atoms with E-state index in [9.17, 15) is 17.2 Å². The molecule has 3 heterocycles. The van der Waals surface area contributed by atoms with Crippen molar-refractivity contribution in [1.82, 2.24) is 19.3 Å². The highest BCUT2D eigenvalue weighted by molar-refractivity contribution is 7.89. The summed E-state index contributed by atoms with van der Waals surface area (Å²) in [5.41, 5.74) is -0.144. The molecule has 2 saturated carbocycles. The van der Waals surface area contributed by atoms with E-state index in [-0.39, 0.29) is 50.1 Å². The second-order valence-electron chi connectivity index (χ2n) is 8.88. The summed E-state index contributed by atoms with van der Waals surface area (Å²) < 4.78 is 54.0. The summed E-state index contributed by atoms with van der Waals surface area (Å²) >= 11 is 0. The van der Waals surface area contributed by atoms with E-state index >= 15 is 0 Å². The van der Waals surface area contributed by atoms with Gasteiger partial charge in [-0.1, -0.05) is 0 Å². The van der Waals surface area contributed by atoms with Gasteiger partial charge in [0.2, 0.25) is 10.0 Å². The largest absolute Gasteiger partial charge is 0.356 e. The number of anilines is 1. The zero-order valence-corrected chi connectivity index (χ0v) is 17.1. The van der Waals surface area contributed by atoms with Crippen LogP contribution < -0.4 is 4.90 Å². The molecule has 0 amide bonds. The van der Waals surface area contributed by atoms with Gasteiger partial charge in [0.25, 0.3) is 5.92 Å². The number of aromatic nitrogens is 3. The quantitative estimate of drug-likeness (QED) is 0.796. The van der Waals surface area contributed by atoms with Gasteiger partial charge in [-0.05, 0) is 37.7 Å². The minimum absolute atomic E-state index is 0.0814. The molecule has 1 saturated heterocycles. The van der Waals surface area contributed by atoms with Gasteiger partial charge >= 0.3 is 0 Å².